The molecule has 1 N–H and O–H groups in total. The van der Waals surface area contributed by atoms with Gasteiger partial charge in [-0.05, 0) is 25.3 Å². The van der Waals surface area contributed by atoms with Gasteiger partial charge in [0.15, 0.2) is 0 Å². The van der Waals surface area contributed by atoms with Gasteiger partial charge in [-0.2, -0.15) is 0 Å². The first-order valence-electron chi connectivity index (χ1n) is 6.37. The van der Waals surface area contributed by atoms with E-state index >= 15 is 0 Å². The molecular formula is C14H18N2O3S. The molecule has 0 spiro atoms. The summed E-state index contributed by atoms with van der Waals surface area (Å²) in [4.78, 5) is 0. The standard InChI is InChI=1S/C14H18N2O3S/c1-10(13-7-5-4-6-8-13)9-20(17,18)16-14-11(2)12(3)15-19-14/h4-8,10,16H,9H2,1-3H3/t10-/m0/s1. The summed E-state index contributed by atoms with van der Waals surface area (Å²) in [6, 6.07) is 9.55. The Morgan fingerprint density at radius 3 is 2.45 bits per heavy atom. The molecule has 0 aliphatic heterocycles. The number of nitrogens with one attached hydrogen (secondary N) is 1. The number of benzene rings is 1. The minimum atomic E-state index is -3.47. The summed E-state index contributed by atoms with van der Waals surface area (Å²) in [5.74, 6) is 0.0942. The lowest BCUT2D eigenvalue weighted by Crippen LogP contribution is -2.20. The molecule has 2 rings (SSSR count). The van der Waals surface area contributed by atoms with Crippen molar-refractivity contribution in [1.29, 1.82) is 0 Å². The summed E-state index contributed by atoms with van der Waals surface area (Å²) in [7, 11) is -3.47. The van der Waals surface area contributed by atoms with E-state index in [0.717, 1.165) is 5.56 Å². The smallest absolute Gasteiger partial charge is 0.241 e. The van der Waals surface area contributed by atoms with E-state index in [2.05, 4.69) is 9.88 Å². The van der Waals surface area contributed by atoms with Gasteiger partial charge in [-0.25, -0.2) is 8.42 Å². The van der Waals surface area contributed by atoms with Crippen molar-refractivity contribution in [3.05, 3.63) is 47.2 Å². The fraction of sp³-hybridized carbons (Fsp3) is 0.357. The molecule has 5 nitrogen and oxygen atoms in total. The van der Waals surface area contributed by atoms with Gasteiger partial charge in [0.2, 0.25) is 15.9 Å². The molecule has 1 aromatic heterocycles. The second-order valence-corrected chi connectivity index (χ2v) is 6.68. The molecule has 0 amide bonds. The van der Waals surface area contributed by atoms with Gasteiger partial charge in [0, 0.05) is 5.56 Å². The van der Waals surface area contributed by atoms with Crippen LogP contribution < -0.4 is 4.72 Å². The van der Waals surface area contributed by atoms with E-state index in [0.29, 0.717) is 11.3 Å². The number of sulfonamides is 1. The van der Waals surface area contributed by atoms with Crippen LogP contribution in [0, 0.1) is 13.8 Å². The van der Waals surface area contributed by atoms with Crippen molar-refractivity contribution in [2.24, 2.45) is 0 Å². The highest BCUT2D eigenvalue weighted by Gasteiger charge is 2.20. The number of anilines is 1. The summed E-state index contributed by atoms with van der Waals surface area (Å²) < 4.78 is 31.7. The van der Waals surface area contributed by atoms with Crippen molar-refractivity contribution in [3.63, 3.8) is 0 Å². The van der Waals surface area contributed by atoms with Gasteiger partial charge < -0.3 is 4.52 Å². The topological polar surface area (TPSA) is 72.2 Å². The average Bonchev–Trinajstić information content (AvgIpc) is 2.71. The Labute approximate surface area is 119 Å². The lowest BCUT2D eigenvalue weighted by molar-refractivity contribution is 0.430. The predicted molar refractivity (Wildman–Crippen MR) is 78.2 cm³/mol. The summed E-state index contributed by atoms with van der Waals surface area (Å²) >= 11 is 0. The second-order valence-electron chi connectivity index (χ2n) is 4.92. The summed E-state index contributed by atoms with van der Waals surface area (Å²) in [6.07, 6.45) is 0. The highest BCUT2D eigenvalue weighted by Crippen LogP contribution is 2.21. The van der Waals surface area contributed by atoms with Crippen LogP contribution in [0.1, 0.15) is 29.7 Å². The van der Waals surface area contributed by atoms with Crippen LogP contribution in [0.15, 0.2) is 34.9 Å². The molecule has 1 heterocycles. The van der Waals surface area contributed by atoms with Gasteiger partial charge in [-0.3, -0.25) is 4.72 Å². The number of rotatable bonds is 5. The molecule has 108 valence electrons. The predicted octanol–water partition coefficient (Wildman–Crippen LogP) is 2.84. The largest absolute Gasteiger partial charge is 0.337 e. The van der Waals surface area contributed by atoms with Crippen LogP contribution in [0.5, 0.6) is 0 Å². The minimum absolute atomic E-state index is 0.00377. The van der Waals surface area contributed by atoms with Crippen molar-refractivity contribution < 1.29 is 12.9 Å². The fourth-order valence-electron chi connectivity index (χ4n) is 1.90. The Morgan fingerprint density at radius 2 is 1.90 bits per heavy atom. The monoisotopic (exact) mass is 294 g/mol. The van der Waals surface area contributed by atoms with E-state index in [9.17, 15) is 8.42 Å². The van der Waals surface area contributed by atoms with Crippen LogP contribution in [-0.2, 0) is 10.0 Å². The maximum atomic E-state index is 12.1. The van der Waals surface area contributed by atoms with Crippen LogP contribution in [-0.4, -0.2) is 19.3 Å². The Balaban J connectivity index is 2.10. The van der Waals surface area contributed by atoms with Gasteiger partial charge in [-0.1, -0.05) is 42.4 Å². The number of hydrogen-bond acceptors (Lipinski definition) is 4. The second kappa shape index (κ2) is 5.66. The molecule has 2 aromatic rings. The third kappa shape index (κ3) is 3.39. The maximum Gasteiger partial charge on any atom is 0.241 e. The number of nitrogens with zero attached hydrogens (tertiary/aromatic N) is 1. The van der Waals surface area contributed by atoms with E-state index in [1.54, 1.807) is 13.8 Å². The van der Waals surface area contributed by atoms with Crippen molar-refractivity contribution in [2.75, 3.05) is 10.5 Å². The first-order valence-corrected chi connectivity index (χ1v) is 8.02. The zero-order chi connectivity index (χ0) is 14.8. The zero-order valence-electron chi connectivity index (χ0n) is 11.8. The van der Waals surface area contributed by atoms with Gasteiger partial charge in [0.1, 0.15) is 0 Å². The molecule has 0 unspecified atom stereocenters. The molecule has 0 bridgehead atoms. The van der Waals surface area contributed by atoms with E-state index in [4.69, 9.17) is 4.52 Å². The van der Waals surface area contributed by atoms with Crippen molar-refractivity contribution in [3.8, 4) is 0 Å². The Morgan fingerprint density at radius 1 is 1.25 bits per heavy atom. The molecule has 6 heteroatoms. The Bertz CT molecular complexity index is 678. The van der Waals surface area contributed by atoms with Crippen LogP contribution in [0.4, 0.5) is 5.88 Å². The summed E-state index contributed by atoms with van der Waals surface area (Å²) in [6.45, 7) is 5.42. The SMILES string of the molecule is Cc1noc(NS(=O)(=O)C[C@H](C)c2ccccc2)c1C. The number of aryl methyl sites for hydroxylation is 1. The number of aromatic nitrogens is 1. The van der Waals surface area contributed by atoms with Gasteiger partial charge >= 0.3 is 0 Å². The molecule has 0 saturated heterocycles. The Hall–Kier alpha value is -1.82. The summed E-state index contributed by atoms with van der Waals surface area (Å²) in [5.41, 5.74) is 2.38. The minimum Gasteiger partial charge on any atom is -0.337 e. The van der Waals surface area contributed by atoms with Crippen LogP contribution >= 0.6 is 0 Å². The molecule has 0 aliphatic carbocycles. The number of hydrogen-bond donors (Lipinski definition) is 1. The van der Waals surface area contributed by atoms with Crippen molar-refractivity contribution in [1.82, 2.24) is 5.16 Å². The molecular weight excluding hydrogens is 276 g/mol. The molecule has 20 heavy (non-hydrogen) atoms. The van der Waals surface area contributed by atoms with Crippen molar-refractivity contribution in [2.45, 2.75) is 26.7 Å². The van der Waals surface area contributed by atoms with E-state index in [1.165, 1.54) is 0 Å². The van der Waals surface area contributed by atoms with Gasteiger partial charge in [0.25, 0.3) is 0 Å². The fourth-order valence-corrected chi connectivity index (χ4v) is 3.31. The summed E-state index contributed by atoms with van der Waals surface area (Å²) in [5, 5.41) is 3.74. The Kier molecular flexibility index (Phi) is 4.13. The quantitative estimate of drug-likeness (QED) is 0.920. The molecule has 0 radical (unpaired) electrons. The molecule has 0 aliphatic rings. The lowest BCUT2D eigenvalue weighted by Gasteiger charge is -2.12. The maximum absolute atomic E-state index is 12.1. The normalized spacial score (nSPS) is 13.2. The molecule has 1 atom stereocenters. The van der Waals surface area contributed by atoms with E-state index < -0.39 is 10.0 Å². The van der Waals surface area contributed by atoms with Gasteiger partial charge in [0.05, 0.1) is 11.4 Å². The van der Waals surface area contributed by atoms with Crippen LogP contribution in [0.25, 0.3) is 0 Å². The lowest BCUT2D eigenvalue weighted by atomic mass is 10.0. The average molecular weight is 294 g/mol. The van der Waals surface area contributed by atoms with E-state index in [1.807, 2.05) is 37.3 Å². The first-order chi connectivity index (χ1) is 9.39. The molecule has 0 fully saturated rings. The van der Waals surface area contributed by atoms with E-state index in [-0.39, 0.29) is 17.6 Å². The third-order valence-electron chi connectivity index (χ3n) is 3.24. The highest BCUT2D eigenvalue weighted by atomic mass is 32.2. The zero-order valence-corrected chi connectivity index (χ0v) is 12.6. The highest BCUT2D eigenvalue weighted by molar-refractivity contribution is 7.92. The van der Waals surface area contributed by atoms with Crippen molar-refractivity contribution >= 4 is 15.9 Å². The van der Waals surface area contributed by atoms with Crippen LogP contribution in [0.2, 0.25) is 0 Å². The van der Waals surface area contributed by atoms with Gasteiger partial charge in [-0.15, -0.1) is 0 Å². The molecule has 1 aromatic carbocycles. The third-order valence-corrected chi connectivity index (χ3v) is 4.68. The first kappa shape index (κ1) is 14.6. The van der Waals surface area contributed by atoms with Crippen LogP contribution in [0.3, 0.4) is 0 Å². The molecule has 0 saturated carbocycles.